The lowest BCUT2D eigenvalue weighted by molar-refractivity contribution is -0.127. The molecule has 16 rings (SSSR count). The van der Waals surface area contributed by atoms with Gasteiger partial charge >= 0.3 is 24.1 Å². The number of carbonyl (C=O) groups is 2. The zero-order chi connectivity index (χ0) is 83.9. The van der Waals surface area contributed by atoms with Gasteiger partial charge in [0, 0.05) is 130 Å². The highest BCUT2D eigenvalue weighted by molar-refractivity contribution is 14.0. The second-order valence-corrected chi connectivity index (χ2v) is 34.0. The van der Waals surface area contributed by atoms with Crippen molar-refractivity contribution in [1.29, 1.82) is 0 Å². The molecule has 27 heteroatoms. The Balaban J connectivity index is 0.000000167. The number of likely N-dealkylation sites (N-methyl/N-ethyl adjacent to an activating group) is 3. The van der Waals surface area contributed by atoms with Crippen LogP contribution in [0.25, 0.3) is 14.5 Å². The first kappa shape index (κ1) is 90.9. The van der Waals surface area contributed by atoms with Crippen LogP contribution in [0.5, 0.6) is 18.0 Å². The van der Waals surface area contributed by atoms with E-state index >= 15 is 0 Å². The number of hydrogen-bond donors (Lipinski definition) is 0. The number of nitrogens with zero attached hydrogens (tertiary/aromatic N) is 20. The maximum atomic E-state index is 13.2. The summed E-state index contributed by atoms with van der Waals surface area (Å²) in [6.45, 7) is 53.4. The van der Waals surface area contributed by atoms with Gasteiger partial charge in [0.15, 0.2) is 0 Å². The predicted octanol–water partition coefficient (Wildman–Crippen LogP) is 13.5. The Morgan fingerprint density at radius 3 is 1.20 bits per heavy atom. The number of anilines is 6. The van der Waals surface area contributed by atoms with E-state index in [4.69, 9.17) is 68.6 Å². The second kappa shape index (κ2) is 42.7. The molecule has 3 aromatic heterocycles. The summed E-state index contributed by atoms with van der Waals surface area (Å²) < 4.78 is 24.5. The molecule has 7 aromatic rings. The molecule has 0 spiro atoms. The smallest absolute Gasteiger partial charge is 0.410 e. The van der Waals surface area contributed by atoms with Gasteiger partial charge in [-0.25, -0.2) is 24.5 Å². The normalized spacial score (nSPS) is 20.8. The van der Waals surface area contributed by atoms with Crippen LogP contribution in [0.2, 0.25) is 0 Å². The SMILES string of the molecule is C.I.[C-]#[N+]C[C@@H]1CCCN(c2nc(OC[C@@H]3CCCN3C)nc3c2CCN(c2cccc(C)c2C)C3)C1.[C-]#[N+]C[C@H]1CN(c2nc(OC[C@@H]3CCCN3C)nc3c2CCN(c2cccc(C)c2C)C3)CCN1C(=O)C#CC.[C-]#[N+]C[C@H]1CN(c2nc(OC[C@@H]3CCCN3C)nc3c2CCN(c2cccc(C)c2C)C3)CCN1C(=O)OCc1ccccc1. The summed E-state index contributed by atoms with van der Waals surface area (Å²) in [5, 5.41) is 0. The highest BCUT2D eigenvalue weighted by Gasteiger charge is 2.40. The number of likely N-dealkylation sites (tertiary alicyclic amines) is 3. The number of ether oxygens (including phenoxy) is 4. The summed E-state index contributed by atoms with van der Waals surface area (Å²) >= 11 is 0. The highest BCUT2D eigenvalue weighted by Crippen LogP contribution is 2.39. The van der Waals surface area contributed by atoms with Crippen molar-refractivity contribution in [2.75, 3.05) is 182 Å². The second-order valence-electron chi connectivity index (χ2n) is 34.0. The molecule has 9 aliphatic heterocycles. The highest BCUT2D eigenvalue weighted by atomic mass is 127. The van der Waals surface area contributed by atoms with Crippen molar-refractivity contribution in [3.05, 3.63) is 192 Å². The number of halogens is 1. The number of amides is 2. The van der Waals surface area contributed by atoms with Crippen LogP contribution < -0.4 is 43.6 Å². The van der Waals surface area contributed by atoms with Gasteiger partial charge in [-0.1, -0.05) is 80.1 Å². The molecule has 6 atom stereocenters. The molecule has 2 amide bonds. The molecule has 6 fully saturated rings. The van der Waals surface area contributed by atoms with Crippen LogP contribution in [0.1, 0.15) is 138 Å². The van der Waals surface area contributed by atoms with Gasteiger partial charge < -0.3 is 82.5 Å². The predicted molar refractivity (Wildman–Crippen MR) is 494 cm³/mol. The fraction of sp³-hybridized carbons (Fsp3) is 0.547. The lowest BCUT2D eigenvalue weighted by Gasteiger charge is -2.41. The van der Waals surface area contributed by atoms with Crippen molar-refractivity contribution in [1.82, 2.24) is 54.4 Å². The van der Waals surface area contributed by atoms with Crippen LogP contribution in [0.4, 0.5) is 39.3 Å². The van der Waals surface area contributed by atoms with Crippen molar-refractivity contribution in [2.45, 2.75) is 183 Å². The topological polar surface area (TPSA) is 197 Å². The van der Waals surface area contributed by atoms with E-state index in [0.717, 1.165) is 155 Å². The van der Waals surface area contributed by atoms with E-state index in [1.165, 1.54) is 81.7 Å². The van der Waals surface area contributed by atoms with Crippen molar-refractivity contribution >= 4 is 70.5 Å². The van der Waals surface area contributed by atoms with Crippen LogP contribution >= 0.6 is 24.0 Å². The Kier molecular flexibility index (Phi) is 31.8. The summed E-state index contributed by atoms with van der Waals surface area (Å²) in [6, 6.07) is 31.1. The third-order valence-corrected chi connectivity index (χ3v) is 26.3. The lowest BCUT2D eigenvalue weighted by Crippen LogP contribution is -2.57. The molecule has 0 N–H and O–H groups in total. The molecule has 0 aliphatic carbocycles. The molecule has 26 nitrogen and oxygen atoms in total. The molecule has 0 unspecified atom stereocenters. The minimum atomic E-state index is -0.384. The van der Waals surface area contributed by atoms with E-state index in [-0.39, 0.29) is 75.2 Å². The van der Waals surface area contributed by atoms with Crippen molar-refractivity contribution in [2.24, 2.45) is 5.92 Å². The molecule has 122 heavy (non-hydrogen) atoms. The van der Waals surface area contributed by atoms with Crippen LogP contribution in [0.15, 0.2) is 84.9 Å². The number of aryl methyl sites for hydroxylation is 3. The van der Waals surface area contributed by atoms with Gasteiger partial charge in [-0.05, 0) is 223 Å². The fourth-order valence-corrected chi connectivity index (χ4v) is 18.7. The standard InChI is InChI=1S/C35H43N7O3.C31H39N7O2.C28H38N6O.CH4.HI/c1-25-10-8-14-32(26(25)2)40-17-15-30-31(22-40)37-34(44-24-28-13-9-16-39(28)4)38-33(30)41-18-19-42(29(21-41)20-36-3)35(43)45-23-27-11-6-5-7-12-27;1-6-9-29(39)38-17-16-37(19-25(38)18-32-4)30-26-13-15-36(28-12-7-10-22(2)23(28)3)20-27(26)33-31(34-30)40-21-24-11-8-14-35(24)5;1-20-8-5-11-26(21(20)2)33-15-12-24-25(18-33)30-28(35-19-23-10-7-13-32(23)4)31-27(24)34-14-6-9-22(17-34)16-29-3;;/h5-8,10-12,14,28-29H,9,13,15-24H2,1-2,4H3;7,10,12,24-25H,8,11,13-21H2,1-3,5H3;5,8,11,22-23H,6-7,9-10,12-19H2,1-2,4H3;1H4;1H/t28-,29-;24-,25-;22-,23-;;/m000../s1. The molecular weight excluding hydrogens is 1640 g/mol. The van der Waals surface area contributed by atoms with E-state index in [1.54, 1.807) is 16.7 Å². The monoisotopic (exact) mass is 1770 g/mol. The fourth-order valence-electron chi connectivity index (χ4n) is 18.7. The third kappa shape index (κ3) is 21.6. The number of rotatable bonds is 20. The van der Waals surface area contributed by atoms with Crippen molar-refractivity contribution in [3.63, 3.8) is 0 Å². The summed E-state index contributed by atoms with van der Waals surface area (Å²) in [6.07, 6.45) is 11.4. The Morgan fingerprint density at radius 1 is 0.434 bits per heavy atom. The largest absolute Gasteiger partial charge is 0.462 e. The first-order valence-electron chi connectivity index (χ1n) is 43.4. The number of piperidine rings is 1. The summed E-state index contributed by atoms with van der Waals surface area (Å²) in [5.41, 5.74) is 19.1. The average molecular weight is 1770 g/mol. The number of aromatic nitrogens is 6. The van der Waals surface area contributed by atoms with Crippen molar-refractivity contribution in [3.8, 4) is 29.9 Å². The van der Waals surface area contributed by atoms with Crippen molar-refractivity contribution < 1.29 is 28.5 Å². The average Bonchev–Trinajstić information content (AvgIpc) is 0.838. The minimum Gasteiger partial charge on any atom is -0.462 e. The van der Waals surface area contributed by atoms with E-state index < -0.39 is 0 Å². The molecule has 0 radical (unpaired) electrons. The maximum Gasteiger partial charge on any atom is 0.410 e. The molecular formula is C95H125IN20O6. The van der Waals surface area contributed by atoms with E-state index in [1.807, 2.05) is 30.3 Å². The summed E-state index contributed by atoms with van der Waals surface area (Å²) in [4.78, 5) is 91.3. The Morgan fingerprint density at radius 2 is 0.820 bits per heavy atom. The Bertz CT molecular complexity index is 4970. The van der Waals surface area contributed by atoms with E-state index in [0.29, 0.717) is 121 Å². The summed E-state index contributed by atoms with van der Waals surface area (Å²) in [7, 11) is 6.46. The van der Waals surface area contributed by atoms with Crippen LogP contribution in [0.3, 0.4) is 0 Å². The zero-order valence-electron chi connectivity index (χ0n) is 72.6. The summed E-state index contributed by atoms with van der Waals surface area (Å²) in [5.74, 6) is 8.35. The van der Waals surface area contributed by atoms with Gasteiger partial charge in [-0.2, -0.15) is 29.9 Å². The number of benzene rings is 4. The van der Waals surface area contributed by atoms with Gasteiger partial charge in [0.05, 0.1) is 36.7 Å². The van der Waals surface area contributed by atoms with Crippen LogP contribution in [-0.2, 0) is 55.0 Å². The van der Waals surface area contributed by atoms with E-state index in [2.05, 4.69) is 188 Å². The van der Waals surface area contributed by atoms with Gasteiger partial charge in [0.2, 0.25) is 19.6 Å². The first-order chi connectivity index (χ1) is 58.3. The van der Waals surface area contributed by atoms with Gasteiger partial charge in [-0.3, -0.25) is 9.69 Å². The van der Waals surface area contributed by atoms with Gasteiger partial charge in [-0.15, -0.1) is 24.0 Å². The molecule has 4 aromatic carbocycles. The molecule has 6 saturated heterocycles. The lowest BCUT2D eigenvalue weighted by atomic mass is 9.96. The van der Waals surface area contributed by atoms with E-state index in [9.17, 15) is 9.59 Å². The molecule has 9 aliphatic rings. The number of piperazine rings is 2. The first-order valence-corrected chi connectivity index (χ1v) is 43.4. The van der Waals surface area contributed by atoms with Gasteiger partial charge in [0.25, 0.3) is 5.91 Å². The molecule has 12 heterocycles. The number of carbonyl (C=O) groups excluding carboxylic acids is 2. The molecule has 0 saturated carbocycles. The maximum absolute atomic E-state index is 13.2. The van der Waals surface area contributed by atoms with Crippen LogP contribution in [-0.4, -0.2) is 249 Å². The Labute approximate surface area is 741 Å². The Hall–Kier alpha value is -10.3. The third-order valence-electron chi connectivity index (χ3n) is 26.3. The van der Waals surface area contributed by atoms with Crippen LogP contribution in [0, 0.1) is 79.0 Å². The number of fused-ring (bicyclic) bond motifs is 3. The number of hydrogen-bond acceptors (Lipinski definition) is 21. The zero-order valence-corrected chi connectivity index (χ0v) is 74.9. The minimum absolute atomic E-state index is 0. The quantitative estimate of drug-likeness (QED) is 0.0396. The molecule has 0 bridgehead atoms. The molecule has 648 valence electrons. The van der Waals surface area contributed by atoms with Gasteiger partial charge in [0.1, 0.15) is 56.0 Å².